The zero-order chi connectivity index (χ0) is 22.3. The second kappa shape index (κ2) is 9.98. The molecule has 32 heavy (non-hydrogen) atoms. The molecule has 4 rings (SSSR count). The Balaban J connectivity index is 1.42. The average Bonchev–Trinajstić information content (AvgIpc) is 3.33. The van der Waals surface area contributed by atoms with Gasteiger partial charge in [0.25, 0.3) is 0 Å². The van der Waals surface area contributed by atoms with Crippen LogP contribution in [-0.4, -0.2) is 23.0 Å². The van der Waals surface area contributed by atoms with E-state index in [1.165, 1.54) is 6.08 Å². The number of aromatic amines is 1. The first-order valence-electron chi connectivity index (χ1n) is 10.1. The molecular formula is C26H22ClN3O2. The Morgan fingerprint density at radius 1 is 1.06 bits per heavy atom. The van der Waals surface area contributed by atoms with Crippen LogP contribution in [0.4, 0.5) is 0 Å². The molecule has 1 amide bonds. The van der Waals surface area contributed by atoms with E-state index < -0.39 is 0 Å². The van der Waals surface area contributed by atoms with Crippen molar-refractivity contribution in [1.29, 1.82) is 0 Å². The lowest BCUT2D eigenvalue weighted by atomic mass is 10.1. The number of hydrogen-bond donors (Lipinski definition) is 2. The number of hydrogen-bond acceptors (Lipinski definition) is 3. The molecule has 3 aromatic carbocycles. The molecule has 2 N–H and O–H groups in total. The van der Waals surface area contributed by atoms with Crippen molar-refractivity contribution >= 4 is 23.6 Å². The molecule has 0 spiro atoms. The van der Waals surface area contributed by atoms with Crippen molar-refractivity contribution in [3.63, 3.8) is 0 Å². The van der Waals surface area contributed by atoms with Crippen LogP contribution in [0, 0.1) is 0 Å². The maximum atomic E-state index is 12.2. The van der Waals surface area contributed by atoms with Gasteiger partial charge in [-0.2, -0.15) is 0 Å². The van der Waals surface area contributed by atoms with Crippen molar-refractivity contribution < 1.29 is 9.53 Å². The normalized spacial score (nSPS) is 10.9. The highest BCUT2D eigenvalue weighted by molar-refractivity contribution is 6.32. The summed E-state index contributed by atoms with van der Waals surface area (Å²) in [6, 6.07) is 23.1. The van der Waals surface area contributed by atoms with Gasteiger partial charge in [-0.05, 0) is 41.5 Å². The number of ether oxygens (including phenoxy) is 1. The fraction of sp³-hybridized carbons (Fsp3) is 0.0769. The van der Waals surface area contributed by atoms with E-state index in [4.69, 9.17) is 16.3 Å². The van der Waals surface area contributed by atoms with E-state index in [2.05, 4.69) is 15.3 Å². The average molecular weight is 444 g/mol. The van der Waals surface area contributed by atoms with Crippen molar-refractivity contribution in [3.8, 4) is 28.4 Å². The summed E-state index contributed by atoms with van der Waals surface area (Å²) >= 11 is 6.11. The quantitative estimate of drug-likeness (QED) is 0.358. The van der Waals surface area contributed by atoms with Crippen LogP contribution in [0.15, 0.2) is 85.1 Å². The number of benzene rings is 3. The van der Waals surface area contributed by atoms with Gasteiger partial charge in [-0.1, -0.05) is 60.1 Å². The number of halogens is 1. The van der Waals surface area contributed by atoms with E-state index >= 15 is 0 Å². The number of nitrogens with zero attached hydrogens (tertiary/aromatic N) is 1. The Bertz CT molecular complexity index is 1260. The molecule has 0 saturated heterocycles. The van der Waals surface area contributed by atoms with Gasteiger partial charge in [0.1, 0.15) is 11.6 Å². The molecule has 0 aliphatic heterocycles. The monoisotopic (exact) mass is 443 g/mol. The predicted octanol–water partition coefficient (Wildman–Crippen LogP) is 5.74. The lowest BCUT2D eigenvalue weighted by molar-refractivity contribution is -0.116. The highest BCUT2D eigenvalue weighted by atomic mass is 35.5. The van der Waals surface area contributed by atoms with Crippen LogP contribution in [0.1, 0.15) is 11.1 Å². The summed E-state index contributed by atoms with van der Waals surface area (Å²) < 4.78 is 5.30. The summed E-state index contributed by atoms with van der Waals surface area (Å²) in [4.78, 5) is 20.1. The number of carbonyl (C=O) groups is 1. The maximum absolute atomic E-state index is 12.2. The summed E-state index contributed by atoms with van der Waals surface area (Å²) in [6.45, 7) is 0.406. The summed E-state index contributed by atoms with van der Waals surface area (Å²) in [5.74, 6) is 1.36. The molecule has 0 atom stereocenters. The van der Waals surface area contributed by atoms with Gasteiger partial charge in [0.05, 0.1) is 19.0 Å². The molecule has 0 unspecified atom stereocenters. The number of rotatable bonds is 7. The Morgan fingerprint density at radius 2 is 1.88 bits per heavy atom. The molecule has 0 saturated carbocycles. The molecule has 0 bridgehead atoms. The van der Waals surface area contributed by atoms with Crippen molar-refractivity contribution in [1.82, 2.24) is 15.3 Å². The van der Waals surface area contributed by atoms with Crippen molar-refractivity contribution in [2.24, 2.45) is 0 Å². The number of nitrogens with one attached hydrogen (secondary N) is 2. The Hall–Kier alpha value is -3.83. The predicted molar refractivity (Wildman–Crippen MR) is 128 cm³/mol. The zero-order valence-electron chi connectivity index (χ0n) is 17.5. The van der Waals surface area contributed by atoms with E-state index in [1.54, 1.807) is 25.4 Å². The molecule has 4 aromatic rings. The minimum atomic E-state index is -0.186. The van der Waals surface area contributed by atoms with Crippen molar-refractivity contribution in [2.45, 2.75) is 6.54 Å². The maximum Gasteiger partial charge on any atom is 0.244 e. The smallest absolute Gasteiger partial charge is 0.244 e. The number of methoxy groups -OCH3 is 1. The van der Waals surface area contributed by atoms with Gasteiger partial charge in [-0.25, -0.2) is 4.98 Å². The molecule has 0 aliphatic carbocycles. The second-order valence-corrected chi connectivity index (χ2v) is 7.56. The van der Waals surface area contributed by atoms with E-state index in [0.717, 1.165) is 39.5 Å². The van der Waals surface area contributed by atoms with E-state index in [0.29, 0.717) is 11.6 Å². The molecule has 1 heterocycles. The largest absolute Gasteiger partial charge is 0.497 e. The molecular weight excluding hydrogens is 422 g/mol. The first kappa shape index (κ1) is 21.4. The van der Waals surface area contributed by atoms with Crippen LogP contribution in [0.25, 0.3) is 28.7 Å². The summed E-state index contributed by atoms with van der Waals surface area (Å²) in [6.07, 6.45) is 4.99. The number of carbonyl (C=O) groups excluding carboxylic acids is 1. The molecule has 160 valence electrons. The standard InChI is InChI=1S/C26H22ClN3O2/c1-32-22-10-5-8-20(15-22)24-17-29-26(30-24)21-9-4-6-18(14-21)16-28-25(31)13-12-19-7-2-3-11-23(19)27/h2-15,17H,16H2,1H3,(H,28,31)(H,29,30)/b13-12+. The van der Waals surface area contributed by atoms with Gasteiger partial charge in [-0.15, -0.1) is 0 Å². The van der Waals surface area contributed by atoms with E-state index in [1.807, 2.05) is 66.7 Å². The van der Waals surface area contributed by atoms with Gasteiger partial charge in [-0.3, -0.25) is 4.79 Å². The number of aromatic nitrogens is 2. The minimum absolute atomic E-state index is 0.186. The molecule has 1 aromatic heterocycles. The van der Waals surface area contributed by atoms with Crippen LogP contribution in [0.5, 0.6) is 5.75 Å². The molecule has 0 radical (unpaired) electrons. The third kappa shape index (κ3) is 5.25. The third-order valence-electron chi connectivity index (χ3n) is 4.94. The van der Waals surface area contributed by atoms with Crippen LogP contribution < -0.4 is 10.1 Å². The number of imidazole rings is 1. The van der Waals surface area contributed by atoms with Gasteiger partial charge >= 0.3 is 0 Å². The number of H-pyrrole nitrogens is 1. The van der Waals surface area contributed by atoms with Gasteiger partial charge in [0.15, 0.2) is 0 Å². The first-order valence-corrected chi connectivity index (χ1v) is 10.5. The summed E-state index contributed by atoms with van der Waals surface area (Å²) in [5.41, 5.74) is 4.62. The Labute approximate surface area is 191 Å². The number of amides is 1. The highest BCUT2D eigenvalue weighted by Gasteiger charge is 2.08. The molecule has 6 heteroatoms. The molecule has 0 fully saturated rings. The fourth-order valence-electron chi connectivity index (χ4n) is 3.26. The van der Waals surface area contributed by atoms with E-state index in [9.17, 15) is 4.79 Å². The van der Waals surface area contributed by atoms with Crippen LogP contribution >= 0.6 is 11.6 Å². The lowest BCUT2D eigenvalue weighted by Gasteiger charge is -2.05. The third-order valence-corrected chi connectivity index (χ3v) is 5.29. The topological polar surface area (TPSA) is 67.0 Å². The zero-order valence-corrected chi connectivity index (χ0v) is 18.3. The van der Waals surface area contributed by atoms with Crippen LogP contribution in [0.3, 0.4) is 0 Å². The van der Waals surface area contributed by atoms with Crippen molar-refractivity contribution in [3.05, 3.63) is 101 Å². The Morgan fingerprint density at radius 3 is 2.72 bits per heavy atom. The molecule has 0 aliphatic rings. The lowest BCUT2D eigenvalue weighted by Crippen LogP contribution is -2.20. The van der Waals surface area contributed by atoms with Gasteiger partial charge < -0.3 is 15.0 Å². The summed E-state index contributed by atoms with van der Waals surface area (Å²) in [7, 11) is 1.65. The van der Waals surface area contributed by atoms with E-state index in [-0.39, 0.29) is 5.91 Å². The fourth-order valence-corrected chi connectivity index (χ4v) is 3.46. The van der Waals surface area contributed by atoms with Crippen LogP contribution in [0.2, 0.25) is 5.02 Å². The summed E-state index contributed by atoms with van der Waals surface area (Å²) in [5, 5.41) is 3.51. The first-order chi connectivity index (χ1) is 15.6. The Kier molecular flexibility index (Phi) is 6.68. The highest BCUT2D eigenvalue weighted by Crippen LogP contribution is 2.25. The second-order valence-electron chi connectivity index (χ2n) is 7.15. The van der Waals surface area contributed by atoms with Crippen LogP contribution in [-0.2, 0) is 11.3 Å². The van der Waals surface area contributed by atoms with Gasteiger partial charge in [0.2, 0.25) is 5.91 Å². The van der Waals surface area contributed by atoms with Crippen molar-refractivity contribution in [2.75, 3.05) is 7.11 Å². The SMILES string of the molecule is COc1cccc(-c2cnc(-c3cccc(CNC(=O)/C=C/c4ccccc4Cl)c3)[nH]2)c1. The molecule has 5 nitrogen and oxygen atoms in total. The minimum Gasteiger partial charge on any atom is -0.497 e. The van der Waals surface area contributed by atoms with Gasteiger partial charge in [0, 0.05) is 28.8 Å².